The van der Waals surface area contributed by atoms with Crippen LogP contribution in [0.25, 0.3) is 0 Å². The monoisotopic (exact) mass is 323 g/mol. The van der Waals surface area contributed by atoms with Crippen molar-refractivity contribution in [2.75, 3.05) is 13.2 Å². The molecule has 0 aromatic heterocycles. The number of rotatable bonds is 5. The van der Waals surface area contributed by atoms with Crippen LogP contribution in [0.5, 0.6) is 0 Å². The van der Waals surface area contributed by atoms with E-state index in [1.54, 1.807) is 0 Å². The van der Waals surface area contributed by atoms with E-state index in [-0.39, 0.29) is 17.5 Å². The largest absolute Gasteiger partial charge is 0.416 e. The van der Waals surface area contributed by atoms with Gasteiger partial charge >= 0.3 is 6.18 Å². The fourth-order valence-corrected chi connectivity index (χ4v) is 3.18. The lowest BCUT2D eigenvalue weighted by atomic mass is 10.2. The molecule has 21 heavy (non-hydrogen) atoms. The summed E-state index contributed by atoms with van der Waals surface area (Å²) in [6.07, 6.45) is -1.99. The van der Waals surface area contributed by atoms with Gasteiger partial charge in [-0.05, 0) is 43.5 Å². The first-order chi connectivity index (χ1) is 9.79. The Morgan fingerprint density at radius 1 is 1.24 bits per heavy atom. The van der Waals surface area contributed by atoms with Crippen LogP contribution in [0.2, 0.25) is 0 Å². The van der Waals surface area contributed by atoms with Crippen LogP contribution in [0.3, 0.4) is 0 Å². The van der Waals surface area contributed by atoms with Gasteiger partial charge in [-0.3, -0.25) is 0 Å². The van der Waals surface area contributed by atoms with Crippen LogP contribution in [-0.4, -0.2) is 27.7 Å². The van der Waals surface area contributed by atoms with Crippen LogP contribution in [0.4, 0.5) is 13.2 Å². The van der Waals surface area contributed by atoms with E-state index in [2.05, 4.69) is 4.72 Å². The highest BCUT2D eigenvalue weighted by Gasteiger charge is 2.30. The summed E-state index contributed by atoms with van der Waals surface area (Å²) in [5.41, 5.74) is -0.874. The fourth-order valence-electron chi connectivity index (χ4n) is 2.13. The van der Waals surface area contributed by atoms with Crippen molar-refractivity contribution in [1.82, 2.24) is 4.72 Å². The van der Waals surface area contributed by atoms with Gasteiger partial charge < -0.3 is 4.74 Å². The van der Waals surface area contributed by atoms with Gasteiger partial charge in [0.1, 0.15) is 0 Å². The maximum atomic E-state index is 12.4. The average Bonchev–Trinajstić information content (AvgIpc) is 2.91. The van der Waals surface area contributed by atoms with Gasteiger partial charge in [-0.15, -0.1) is 0 Å². The van der Waals surface area contributed by atoms with Crippen molar-refractivity contribution in [2.24, 2.45) is 0 Å². The predicted molar refractivity (Wildman–Crippen MR) is 70.2 cm³/mol. The van der Waals surface area contributed by atoms with Crippen LogP contribution < -0.4 is 4.72 Å². The van der Waals surface area contributed by atoms with E-state index >= 15 is 0 Å². The standard InChI is InChI=1S/C13H16F3NO3S/c14-13(15,16)10-3-5-12(6-4-10)21(18,19)17-8-7-11-2-1-9-20-11/h3-6,11,17H,1-2,7-9H2/t11-/m1/s1. The summed E-state index contributed by atoms with van der Waals surface area (Å²) >= 11 is 0. The van der Waals surface area contributed by atoms with Crippen molar-refractivity contribution < 1.29 is 26.3 Å². The van der Waals surface area contributed by atoms with E-state index in [4.69, 9.17) is 4.74 Å². The predicted octanol–water partition coefficient (Wildman–Crippen LogP) is 2.55. The number of halogens is 3. The Labute approximate surface area is 121 Å². The highest BCUT2D eigenvalue weighted by Crippen LogP contribution is 2.29. The Kier molecular flexibility index (Phi) is 4.90. The van der Waals surface area contributed by atoms with Gasteiger partial charge in [0.2, 0.25) is 10.0 Å². The molecule has 1 N–H and O–H groups in total. The zero-order valence-electron chi connectivity index (χ0n) is 11.2. The molecule has 1 heterocycles. The number of ether oxygens (including phenoxy) is 1. The zero-order chi connectivity index (χ0) is 15.5. The third-order valence-electron chi connectivity index (χ3n) is 3.27. The molecular weight excluding hydrogens is 307 g/mol. The van der Waals surface area contributed by atoms with Gasteiger partial charge in [-0.2, -0.15) is 13.2 Å². The molecule has 1 aromatic rings. The quantitative estimate of drug-likeness (QED) is 0.906. The molecule has 0 amide bonds. The van der Waals surface area contributed by atoms with Crippen molar-refractivity contribution in [1.29, 1.82) is 0 Å². The second kappa shape index (κ2) is 6.33. The SMILES string of the molecule is O=S(=O)(NCC[C@H]1CCCO1)c1ccc(C(F)(F)F)cc1. The molecular formula is C13H16F3NO3S. The van der Waals surface area contributed by atoms with E-state index in [1.165, 1.54) is 0 Å². The smallest absolute Gasteiger partial charge is 0.378 e. The van der Waals surface area contributed by atoms with Crippen LogP contribution in [-0.2, 0) is 20.9 Å². The minimum absolute atomic E-state index is 0.0558. The first kappa shape index (κ1) is 16.3. The van der Waals surface area contributed by atoms with Crippen LogP contribution in [0, 0.1) is 0 Å². The van der Waals surface area contributed by atoms with Gasteiger partial charge in [0.25, 0.3) is 0 Å². The normalized spacial score (nSPS) is 19.9. The zero-order valence-corrected chi connectivity index (χ0v) is 12.0. The first-order valence-electron chi connectivity index (χ1n) is 6.57. The molecule has 1 atom stereocenters. The molecule has 0 bridgehead atoms. The second-order valence-corrected chi connectivity index (χ2v) is 6.61. The minimum atomic E-state index is -4.48. The van der Waals surface area contributed by atoms with Crippen molar-refractivity contribution >= 4 is 10.0 Å². The third kappa shape index (κ3) is 4.42. The Bertz CT molecular complexity index is 563. The van der Waals surface area contributed by atoms with Crippen LogP contribution >= 0.6 is 0 Å². The van der Waals surface area contributed by atoms with E-state index in [0.717, 1.165) is 37.1 Å². The maximum Gasteiger partial charge on any atom is 0.416 e. The summed E-state index contributed by atoms with van der Waals surface area (Å²) in [5.74, 6) is 0. The summed E-state index contributed by atoms with van der Waals surface area (Å²) < 4.78 is 68.8. The molecule has 2 rings (SSSR count). The van der Waals surface area contributed by atoms with Gasteiger partial charge in [0.05, 0.1) is 16.6 Å². The van der Waals surface area contributed by atoms with Crippen LogP contribution in [0.1, 0.15) is 24.8 Å². The van der Waals surface area contributed by atoms with E-state index < -0.39 is 21.8 Å². The average molecular weight is 323 g/mol. The number of hydrogen-bond acceptors (Lipinski definition) is 3. The van der Waals surface area contributed by atoms with E-state index in [9.17, 15) is 21.6 Å². The molecule has 0 radical (unpaired) electrons. The highest BCUT2D eigenvalue weighted by atomic mass is 32.2. The van der Waals surface area contributed by atoms with E-state index in [0.29, 0.717) is 13.0 Å². The Morgan fingerprint density at radius 2 is 1.90 bits per heavy atom. The summed E-state index contributed by atoms with van der Waals surface area (Å²) in [7, 11) is -3.79. The molecule has 4 nitrogen and oxygen atoms in total. The van der Waals surface area contributed by atoms with Crippen molar-refractivity contribution in [3.05, 3.63) is 29.8 Å². The number of nitrogens with one attached hydrogen (secondary N) is 1. The van der Waals surface area contributed by atoms with Crippen molar-refractivity contribution in [3.63, 3.8) is 0 Å². The maximum absolute atomic E-state index is 12.4. The lowest BCUT2D eigenvalue weighted by molar-refractivity contribution is -0.137. The number of benzene rings is 1. The number of hydrogen-bond donors (Lipinski definition) is 1. The van der Waals surface area contributed by atoms with Gasteiger partial charge in [0, 0.05) is 13.2 Å². The second-order valence-electron chi connectivity index (χ2n) is 4.84. The first-order valence-corrected chi connectivity index (χ1v) is 8.06. The molecule has 1 aromatic carbocycles. The van der Waals surface area contributed by atoms with Gasteiger partial charge in [-0.25, -0.2) is 13.1 Å². The lowest BCUT2D eigenvalue weighted by Gasteiger charge is -2.11. The number of sulfonamides is 1. The molecule has 0 spiro atoms. The Morgan fingerprint density at radius 3 is 2.43 bits per heavy atom. The molecule has 1 aliphatic heterocycles. The fraction of sp³-hybridized carbons (Fsp3) is 0.538. The summed E-state index contributed by atoms with van der Waals surface area (Å²) in [5, 5.41) is 0. The summed E-state index contributed by atoms with van der Waals surface area (Å²) in [6.45, 7) is 0.893. The topological polar surface area (TPSA) is 55.4 Å². The van der Waals surface area contributed by atoms with Crippen molar-refractivity contribution in [3.8, 4) is 0 Å². The third-order valence-corrected chi connectivity index (χ3v) is 4.75. The van der Waals surface area contributed by atoms with Gasteiger partial charge in [0.15, 0.2) is 0 Å². The summed E-state index contributed by atoms with van der Waals surface area (Å²) in [4.78, 5) is -0.178. The molecule has 1 aliphatic rings. The molecule has 0 aliphatic carbocycles. The van der Waals surface area contributed by atoms with Crippen LogP contribution in [0.15, 0.2) is 29.2 Å². The lowest BCUT2D eigenvalue weighted by Crippen LogP contribution is -2.27. The molecule has 8 heteroatoms. The molecule has 0 saturated carbocycles. The minimum Gasteiger partial charge on any atom is -0.378 e. The van der Waals surface area contributed by atoms with Gasteiger partial charge in [-0.1, -0.05) is 0 Å². The van der Waals surface area contributed by atoms with Crippen molar-refractivity contribution in [2.45, 2.75) is 36.4 Å². The highest BCUT2D eigenvalue weighted by molar-refractivity contribution is 7.89. The molecule has 1 fully saturated rings. The number of alkyl halides is 3. The summed E-state index contributed by atoms with van der Waals surface area (Å²) in [6, 6.07) is 3.43. The Hall–Kier alpha value is -1.12. The molecule has 118 valence electrons. The molecule has 1 saturated heterocycles. The van der Waals surface area contributed by atoms with E-state index in [1.807, 2.05) is 0 Å². The Balaban J connectivity index is 1.95. The molecule has 0 unspecified atom stereocenters.